The minimum Gasteiger partial charge on any atom is -0.477 e. The van der Waals surface area contributed by atoms with E-state index in [1.54, 1.807) is 18.6 Å². The predicted molar refractivity (Wildman–Crippen MR) is 175 cm³/mol. The fourth-order valence-electron chi connectivity index (χ4n) is 3.88. The molecule has 1 N–H and O–H groups in total. The highest BCUT2D eigenvalue weighted by Crippen LogP contribution is 2.32. The van der Waals surface area contributed by atoms with Crippen molar-refractivity contribution in [2.45, 2.75) is 75.2 Å². The van der Waals surface area contributed by atoms with Crippen molar-refractivity contribution in [3.63, 3.8) is 0 Å². The summed E-state index contributed by atoms with van der Waals surface area (Å²) in [5.41, 5.74) is 8.68. The predicted octanol–water partition coefficient (Wildman–Crippen LogP) is 9.62. The van der Waals surface area contributed by atoms with Crippen molar-refractivity contribution < 1.29 is 14.7 Å². The van der Waals surface area contributed by atoms with Crippen LogP contribution in [0.1, 0.15) is 90.3 Å². The molecule has 6 heteroatoms. The molecule has 1 atom stereocenters. The maximum Gasteiger partial charge on any atom is 0.345 e. The summed E-state index contributed by atoms with van der Waals surface area (Å²) in [7, 11) is 0. The maximum absolute atomic E-state index is 11.2. The van der Waals surface area contributed by atoms with E-state index in [9.17, 15) is 9.90 Å². The largest absolute Gasteiger partial charge is 0.477 e. The van der Waals surface area contributed by atoms with Crippen LogP contribution in [-0.2, 0) is 11.2 Å². The lowest BCUT2D eigenvalue weighted by molar-refractivity contribution is -0.106. The van der Waals surface area contributed by atoms with E-state index in [4.69, 9.17) is 4.79 Å². The van der Waals surface area contributed by atoms with E-state index >= 15 is 0 Å². The number of carboxylic acid groups (broad SMARTS) is 1. The van der Waals surface area contributed by atoms with Crippen LogP contribution in [0.5, 0.6) is 0 Å². The Hall–Kier alpha value is -3.77. The number of hydrogen-bond donors (Lipinski definition) is 1. The van der Waals surface area contributed by atoms with Crippen molar-refractivity contribution in [3.8, 4) is 5.69 Å². The van der Waals surface area contributed by atoms with Crippen molar-refractivity contribution in [1.29, 1.82) is 0 Å². The smallest absolute Gasteiger partial charge is 0.345 e. The number of allylic oxidation sites excluding steroid dienone is 1. The number of nitrogens with zero attached hydrogens (tertiary/aromatic N) is 2. The fraction of sp³-hybridized carbons (Fsp3) is 0.343. The van der Waals surface area contributed by atoms with Gasteiger partial charge in [0.1, 0.15) is 11.2 Å². The Morgan fingerprint density at radius 1 is 1.00 bits per heavy atom. The summed E-state index contributed by atoms with van der Waals surface area (Å²) in [4.78, 5) is 25.5. The molecular formula is C35H46N2O3S. The van der Waals surface area contributed by atoms with E-state index in [1.165, 1.54) is 40.5 Å². The number of thiophene rings is 1. The average molecular weight is 575 g/mol. The number of hydrogen-bond acceptors (Lipinski definition) is 4. The van der Waals surface area contributed by atoms with Gasteiger partial charge in [-0.2, -0.15) is 0 Å². The Balaban J connectivity index is 0.000000465. The number of aromatic nitrogens is 2. The van der Waals surface area contributed by atoms with Gasteiger partial charge in [-0.25, -0.2) is 9.78 Å². The first kappa shape index (κ1) is 35.3. The number of aromatic carboxylic acids is 1. The Labute approximate surface area is 250 Å². The van der Waals surface area contributed by atoms with Crippen molar-refractivity contribution >= 4 is 35.2 Å². The lowest BCUT2D eigenvalue weighted by atomic mass is 9.91. The molecule has 2 heterocycles. The molecule has 0 spiro atoms. The lowest BCUT2D eigenvalue weighted by Crippen LogP contribution is -1.98. The summed E-state index contributed by atoms with van der Waals surface area (Å²) >= 11 is 1.33. The number of benzene rings is 2. The Morgan fingerprint density at radius 3 is 2.10 bits per heavy atom. The summed E-state index contributed by atoms with van der Waals surface area (Å²) in [6.07, 6.45) is 10.5. The minimum absolute atomic E-state index is 0.379. The molecule has 2 aromatic carbocycles. The van der Waals surface area contributed by atoms with Crippen LogP contribution >= 0.6 is 11.3 Å². The molecule has 41 heavy (non-hydrogen) atoms. The zero-order valence-electron chi connectivity index (χ0n) is 26.1. The summed E-state index contributed by atoms with van der Waals surface area (Å²) in [5.74, 6) is -0.489. The summed E-state index contributed by atoms with van der Waals surface area (Å²) in [6.45, 7) is 18.3. The molecule has 1 unspecified atom stereocenters. The normalized spacial score (nSPS) is 11.1. The van der Waals surface area contributed by atoms with Gasteiger partial charge in [0.25, 0.3) is 0 Å². The van der Waals surface area contributed by atoms with Gasteiger partial charge in [0.15, 0.2) is 0 Å². The molecule has 0 fully saturated rings. The molecule has 220 valence electrons. The molecule has 2 aromatic heterocycles. The summed E-state index contributed by atoms with van der Waals surface area (Å²) in [6, 6.07) is 16.8. The van der Waals surface area contributed by atoms with Crippen molar-refractivity contribution in [3.05, 3.63) is 105 Å². The van der Waals surface area contributed by atoms with Crippen LogP contribution < -0.4 is 0 Å². The van der Waals surface area contributed by atoms with E-state index in [2.05, 4.69) is 88.1 Å². The van der Waals surface area contributed by atoms with Crippen LogP contribution in [0.4, 0.5) is 0 Å². The number of rotatable bonds is 7. The molecule has 4 rings (SSSR count). The maximum atomic E-state index is 11.2. The first-order valence-corrected chi connectivity index (χ1v) is 15.1. The van der Waals surface area contributed by atoms with E-state index in [-0.39, 0.29) is 0 Å². The molecule has 0 radical (unpaired) electrons. The van der Waals surface area contributed by atoms with Gasteiger partial charge in [-0.05, 0) is 104 Å². The Morgan fingerprint density at radius 2 is 1.63 bits per heavy atom. The second kappa shape index (κ2) is 18.6. The summed E-state index contributed by atoms with van der Waals surface area (Å²) in [5, 5.41) is 9.23. The van der Waals surface area contributed by atoms with Gasteiger partial charge < -0.3 is 14.5 Å². The third-order valence-corrected chi connectivity index (χ3v) is 7.75. The number of aryl methyl sites for hydroxylation is 4. The van der Waals surface area contributed by atoms with E-state index in [0.717, 1.165) is 40.8 Å². The van der Waals surface area contributed by atoms with Crippen LogP contribution in [0.2, 0.25) is 0 Å². The third-order valence-electron chi connectivity index (χ3n) is 6.58. The average Bonchev–Trinajstić information content (AvgIpc) is 3.65. The molecule has 0 aliphatic rings. The monoisotopic (exact) mass is 574 g/mol. The van der Waals surface area contributed by atoms with Crippen LogP contribution in [0.3, 0.4) is 0 Å². The molecule has 0 aliphatic heterocycles. The highest BCUT2D eigenvalue weighted by atomic mass is 32.1. The zero-order valence-corrected chi connectivity index (χ0v) is 26.9. The number of carboxylic acids is 1. The molecule has 4 aromatic rings. The number of imidazole rings is 1. The SMILES string of the molecule is CC.CC=O.CCC(C)/C(=C\c1sc(C(=O)O)cc1C)c1ccc(-n2ccnc2)cc1.CCc1ccc(C)c(C)c1. The van der Waals surface area contributed by atoms with Gasteiger partial charge in [0.05, 0.1) is 6.33 Å². The molecule has 0 aliphatic carbocycles. The molecule has 0 saturated heterocycles. The van der Waals surface area contributed by atoms with E-state index in [1.807, 2.05) is 31.5 Å². The first-order chi connectivity index (χ1) is 19.6. The molecule has 5 nitrogen and oxygen atoms in total. The van der Waals surface area contributed by atoms with Crippen molar-refractivity contribution in [2.24, 2.45) is 5.92 Å². The second-order valence-electron chi connectivity index (χ2n) is 9.40. The van der Waals surface area contributed by atoms with Crippen molar-refractivity contribution in [2.75, 3.05) is 0 Å². The zero-order chi connectivity index (χ0) is 30.9. The van der Waals surface area contributed by atoms with Crippen LogP contribution in [0.25, 0.3) is 17.3 Å². The topological polar surface area (TPSA) is 72.2 Å². The second-order valence-corrected chi connectivity index (χ2v) is 10.5. The lowest BCUT2D eigenvalue weighted by Gasteiger charge is -2.15. The van der Waals surface area contributed by atoms with Crippen LogP contribution in [-0.4, -0.2) is 26.9 Å². The summed E-state index contributed by atoms with van der Waals surface area (Å²) < 4.78 is 1.97. The number of carbonyl (C=O) groups is 2. The molecule has 0 amide bonds. The quantitative estimate of drug-likeness (QED) is 0.223. The fourth-order valence-corrected chi connectivity index (χ4v) is 4.84. The highest BCUT2D eigenvalue weighted by Gasteiger charge is 2.14. The first-order valence-electron chi connectivity index (χ1n) is 14.2. The molecule has 0 saturated carbocycles. The highest BCUT2D eigenvalue weighted by molar-refractivity contribution is 7.15. The van der Waals surface area contributed by atoms with Gasteiger partial charge in [-0.1, -0.05) is 65.0 Å². The third kappa shape index (κ3) is 11.0. The Bertz CT molecular complexity index is 1370. The van der Waals surface area contributed by atoms with E-state index < -0.39 is 5.97 Å². The van der Waals surface area contributed by atoms with Gasteiger partial charge in [-0.15, -0.1) is 11.3 Å². The minimum atomic E-state index is -0.868. The molecular weight excluding hydrogens is 528 g/mol. The Kier molecular flexibility index (Phi) is 16.0. The number of carbonyl (C=O) groups excluding carboxylic acids is 1. The number of aldehydes is 1. The van der Waals surface area contributed by atoms with Crippen LogP contribution in [0, 0.1) is 26.7 Å². The van der Waals surface area contributed by atoms with E-state index in [0.29, 0.717) is 10.8 Å². The van der Waals surface area contributed by atoms with Gasteiger partial charge in [-0.3, -0.25) is 0 Å². The van der Waals surface area contributed by atoms with Gasteiger partial charge >= 0.3 is 5.97 Å². The van der Waals surface area contributed by atoms with Crippen LogP contribution in [0.15, 0.2) is 67.3 Å². The standard InChI is InChI=1S/C21H22N2O2S.C10H14.C2H4O.C2H6/c1-4-14(2)18(12-19-15(3)11-20(26-19)21(24)25)16-5-7-17(8-6-16)23-10-9-22-13-23;1-4-10-6-5-8(2)9(3)7-10;1-2-3;1-2/h5-14H,4H2,1-3H3,(H,24,25);5-7H,4H2,1-3H3;2H,1H3;1-2H3/b18-12+;;;. The molecule has 0 bridgehead atoms. The van der Waals surface area contributed by atoms with Gasteiger partial charge in [0, 0.05) is 23.0 Å². The van der Waals surface area contributed by atoms with Crippen molar-refractivity contribution in [1.82, 2.24) is 9.55 Å². The van der Waals surface area contributed by atoms with Gasteiger partial charge in [0.2, 0.25) is 0 Å².